The van der Waals surface area contributed by atoms with Crippen LogP contribution in [0.4, 0.5) is 0 Å². The van der Waals surface area contributed by atoms with E-state index in [1.807, 2.05) is 25.1 Å². The third-order valence-electron chi connectivity index (χ3n) is 4.59. The Balaban J connectivity index is 1.90. The molecule has 110 valence electrons. The normalized spacial score (nSPS) is 21.9. The van der Waals surface area contributed by atoms with Crippen LogP contribution in [0.2, 0.25) is 0 Å². The van der Waals surface area contributed by atoms with Crippen molar-refractivity contribution in [3.63, 3.8) is 0 Å². The monoisotopic (exact) mass is 286 g/mol. The van der Waals surface area contributed by atoms with Crippen molar-refractivity contribution in [3.05, 3.63) is 36.0 Å². The summed E-state index contributed by atoms with van der Waals surface area (Å²) in [7, 11) is 0. The van der Waals surface area contributed by atoms with Crippen molar-refractivity contribution in [2.45, 2.75) is 19.8 Å². The number of carboxylic acid groups (broad SMARTS) is 1. The molecule has 21 heavy (non-hydrogen) atoms. The molecule has 5 heteroatoms. The number of aromatic amines is 1. The molecule has 5 nitrogen and oxygen atoms in total. The van der Waals surface area contributed by atoms with Gasteiger partial charge in [-0.05, 0) is 25.0 Å². The van der Waals surface area contributed by atoms with Crippen molar-refractivity contribution in [1.29, 1.82) is 0 Å². The van der Waals surface area contributed by atoms with Gasteiger partial charge in [-0.25, -0.2) is 0 Å². The maximum absolute atomic E-state index is 12.7. The zero-order chi connectivity index (χ0) is 15.0. The molecule has 0 spiro atoms. The number of para-hydroxylation sites is 1. The topological polar surface area (TPSA) is 73.4 Å². The van der Waals surface area contributed by atoms with Gasteiger partial charge in [0.1, 0.15) is 0 Å². The van der Waals surface area contributed by atoms with Gasteiger partial charge in [-0.1, -0.05) is 19.1 Å². The van der Waals surface area contributed by atoms with Gasteiger partial charge in [-0.15, -0.1) is 0 Å². The molecule has 1 aromatic carbocycles. The van der Waals surface area contributed by atoms with Crippen molar-refractivity contribution in [1.82, 2.24) is 9.88 Å². The molecular weight excluding hydrogens is 268 g/mol. The van der Waals surface area contributed by atoms with Crippen LogP contribution in [-0.4, -0.2) is 40.0 Å². The third-order valence-corrected chi connectivity index (χ3v) is 4.59. The van der Waals surface area contributed by atoms with E-state index in [0.29, 0.717) is 24.9 Å². The molecule has 0 saturated carbocycles. The average Bonchev–Trinajstić information content (AvgIpc) is 3.13. The number of amides is 1. The Hall–Kier alpha value is -2.30. The molecule has 1 unspecified atom stereocenters. The zero-order valence-electron chi connectivity index (χ0n) is 11.9. The van der Waals surface area contributed by atoms with E-state index in [4.69, 9.17) is 0 Å². The van der Waals surface area contributed by atoms with Gasteiger partial charge < -0.3 is 15.0 Å². The number of rotatable bonds is 3. The molecule has 0 radical (unpaired) electrons. The van der Waals surface area contributed by atoms with Crippen LogP contribution in [0.25, 0.3) is 10.9 Å². The van der Waals surface area contributed by atoms with Gasteiger partial charge in [0.15, 0.2) is 0 Å². The summed E-state index contributed by atoms with van der Waals surface area (Å²) in [5.41, 5.74) is 0.626. The Bertz CT molecular complexity index is 706. The summed E-state index contributed by atoms with van der Waals surface area (Å²) in [6.07, 6.45) is 2.86. The molecule has 2 aromatic rings. The van der Waals surface area contributed by atoms with Crippen LogP contribution in [-0.2, 0) is 4.79 Å². The van der Waals surface area contributed by atoms with Gasteiger partial charge in [0.25, 0.3) is 5.91 Å². The predicted molar refractivity (Wildman–Crippen MR) is 79.2 cm³/mol. The number of fused-ring (bicyclic) bond motifs is 1. The number of benzene rings is 1. The Labute approximate surface area is 122 Å². The maximum atomic E-state index is 12.7. The molecule has 0 bridgehead atoms. The third kappa shape index (κ3) is 2.09. The fourth-order valence-electron chi connectivity index (χ4n) is 3.09. The fourth-order valence-corrected chi connectivity index (χ4v) is 3.09. The van der Waals surface area contributed by atoms with Gasteiger partial charge in [-0.3, -0.25) is 9.59 Å². The number of nitrogens with zero attached hydrogens (tertiary/aromatic N) is 1. The van der Waals surface area contributed by atoms with E-state index in [-0.39, 0.29) is 12.5 Å². The Morgan fingerprint density at radius 2 is 2.19 bits per heavy atom. The Kier molecular flexibility index (Phi) is 3.20. The van der Waals surface area contributed by atoms with E-state index in [2.05, 4.69) is 4.98 Å². The van der Waals surface area contributed by atoms with Gasteiger partial charge >= 0.3 is 5.97 Å². The SMILES string of the molecule is CCC1(C(=O)O)CCN(C(=O)c2cccc3cc[nH]c23)C1. The summed E-state index contributed by atoms with van der Waals surface area (Å²) in [6.45, 7) is 2.65. The molecule has 2 N–H and O–H groups in total. The van der Waals surface area contributed by atoms with Crippen molar-refractivity contribution >= 4 is 22.8 Å². The second kappa shape index (κ2) is 4.91. The van der Waals surface area contributed by atoms with E-state index >= 15 is 0 Å². The lowest BCUT2D eigenvalue weighted by atomic mass is 9.84. The highest BCUT2D eigenvalue weighted by Gasteiger charge is 2.45. The van der Waals surface area contributed by atoms with Crippen molar-refractivity contribution in [3.8, 4) is 0 Å². The van der Waals surface area contributed by atoms with Gasteiger partial charge in [-0.2, -0.15) is 0 Å². The largest absolute Gasteiger partial charge is 0.481 e. The molecule has 1 amide bonds. The average molecular weight is 286 g/mol. The molecule has 1 aliphatic rings. The number of aromatic nitrogens is 1. The number of nitrogens with one attached hydrogen (secondary N) is 1. The molecule has 1 saturated heterocycles. The Morgan fingerprint density at radius 3 is 2.86 bits per heavy atom. The molecule has 1 atom stereocenters. The molecule has 3 rings (SSSR count). The summed E-state index contributed by atoms with van der Waals surface area (Å²) in [5.74, 6) is -0.905. The molecule has 2 heterocycles. The zero-order valence-corrected chi connectivity index (χ0v) is 11.9. The van der Waals surface area contributed by atoms with Gasteiger partial charge in [0, 0.05) is 24.7 Å². The summed E-state index contributed by atoms with van der Waals surface area (Å²) < 4.78 is 0. The smallest absolute Gasteiger partial charge is 0.311 e. The van der Waals surface area contributed by atoms with Gasteiger partial charge in [0.2, 0.25) is 0 Å². The van der Waals surface area contributed by atoms with Crippen LogP contribution in [0.5, 0.6) is 0 Å². The van der Waals surface area contributed by atoms with E-state index in [0.717, 1.165) is 10.9 Å². The van der Waals surface area contributed by atoms with E-state index in [9.17, 15) is 14.7 Å². The van der Waals surface area contributed by atoms with Crippen molar-refractivity contribution < 1.29 is 14.7 Å². The molecular formula is C16H18N2O3. The second-order valence-corrected chi connectivity index (χ2v) is 5.66. The van der Waals surface area contributed by atoms with Crippen LogP contribution in [0.3, 0.4) is 0 Å². The van der Waals surface area contributed by atoms with Crippen LogP contribution in [0.15, 0.2) is 30.5 Å². The predicted octanol–water partition coefficient (Wildman–Crippen LogP) is 2.49. The van der Waals surface area contributed by atoms with Crippen molar-refractivity contribution in [2.75, 3.05) is 13.1 Å². The number of carboxylic acids is 1. The first-order valence-corrected chi connectivity index (χ1v) is 7.16. The number of aliphatic carboxylic acids is 1. The van der Waals surface area contributed by atoms with Crippen LogP contribution in [0.1, 0.15) is 30.1 Å². The Morgan fingerprint density at radius 1 is 1.38 bits per heavy atom. The molecule has 1 aliphatic heterocycles. The number of hydrogen-bond donors (Lipinski definition) is 2. The minimum absolute atomic E-state index is 0.0976. The number of H-pyrrole nitrogens is 1. The first-order valence-electron chi connectivity index (χ1n) is 7.16. The minimum atomic E-state index is -0.807. The lowest BCUT2D eigenvalue weighted by Gasteiger charge is -2.23. The number of carbonyl (C=O) groups is 2. The lowest BCUT2D eigenvalue weighted by Crippen LogP contribution is -2.36. The minimum Gasteiger partial charge on any atom is -0.481 e. The summed E-state index contributed by atoms with van der Waals surface area (Å²) in [4.78, 5) is 28.9. The van der Waals surface area contributed by atoms with E-state index in [1.165, 1.54) is 0 Å². The molecule has 1 fully saturated rings. The highest BCUT2D eigenvalue weighted by molar-refractivity contribution is 6.06. The first kappa shape index (κ1) is 13.7. The fraction of sp³-hybridized carbons (Fsp3) is 0.375. The number of carbonyl (C=O) groups excluding carboxylic acids is 1. The van der Waals surface area contributed by atoms with E-state index in [1.54, 1.807) is 17.2 Å². The quantitative estimate of drug-likeness (QED) is 0.910. The van der Waals surface area contributed by atoms with Crippen LogP contribution >= 0.6 is 0 Å². The summed E-state index contributed by atoms with van der Waals surface area (Å²) in [6, 6.07) is 7.50. The van der Waals surface area contributed by atoms with Crippen LogP contribution < -0.4 is 0 Å². The highest BCUT2D eigenvalue weighted by atomic mass is 16.4. The first-order chi connectivity index (χ1) is 10.1. The summed E-state index contributed by atoms with van der Waals surface area (Å²) in [5, 5.41) is 10.4. The highest BCUT2D eigenvalue weighted by Crippen LogP contribution is 2.35. The maximum Gasteiger partial charge on any atom is 0.311 e. The lowest BCUT2D eigenvalue weighted by molar-refractivity contribution is -0.148. The number of likely N-dealkylation sites (tertiary alicyclic amines) is 1. The van der Waals surface area contributed by atoms with E-state index < -0.39 is 11.4 Å². The summed E-state index contributed by atoms with van der Waals surface area (Å²) >= 11 is 0. The second-order valence-electron chi connectivity index (χ2n) is 5.66. The number of hydrogen-bond acceptors (Lipinski definition) is 2. The molecule has 0 aliphatic carbocycles. The van der Waals surface area contributed by atoms with Crippen molar-refractivity contribution in [2.24, 2.45) is 5.41 Å². The molecule has 1 aromatic heterocycles. The van der Waals surface area contributed by atoms with Gasteiger partial charge in [0.05, 0.1) is 16.5 Å². The van der Waals surface area contributed by atoms with Crippen LogP contribution in [0, 0.1) is 5.41 Å². The standard InChI is InChI=1S/C16H18N2O3/c1-2-16(15(20)21)7-9-18(10-16)14(19)12-5-3-4-11-6-8-17-13(11)12/h3-6,8,17H,2,7,9-10H2,1H3,(H,20,21).